The summed E-state index contributed by atoms with van der Waals surface area (Å²) in [7, 11) is 0. The molecule has 1 saturated carbocycles. The molecule has 3 N–H and O–H groups in total. The van der Waals surface area contributed by atoms with Gasteiger partial charge >= 0.3 is 0 Å². The van der Waals surface area contributed by atoms with E-state index in [9.17, 15) is 0 Å². The van der Waals surface area contributed by atoms with Crippen molar-refractivity contribution >= 4 is 11.3 Å². The molecule has 1 saturated heterocycles. The van der Waals surface area contributed by atoms with Crippen molar-refractivity contribution in [1.29, 1.82) is 0 Å². The number of hydrogen-bond donors (Lipinski definition) is 2. The van der Waals surface area contributed by atoms with Crippen LogP contribution in [0.4, 0.5) is 5.82 Å². The Morgan fingerprint density at radius 2 is 1.87 bits per heavy atom. The van der Waals surface area contributed by atoms with Crippen molar-refractivity contribution in [3.8, 4) is 17.0 Å². The molecule has 0 bridgehead atoms. The summed E-state index contributed by atoms with van der Waals surface area (Å²) in [6, 6.07) is 18.3. The lowest BCUT2D eigenvalue weighted by atomic mass is 9.81. The number of aromatic nitrogens is 3. The molecule has 2 aromatic heterocycles. The second-order valence-corrected chi connectivity index (χ2v) is 10.7. The fourth-order valence-corrected chi connectivity index (χ4v) is 5.93. The van der Waals surface area contributed by atoms with E-state index in [2.05, 4.69) is 39.0 Å². The van der Waals surface area contributed by atoms with Crippen LogP contribution in [0.2, 0.25) is 0 Å². The van der Waals surface area contributed by atoms with Crippen molar-refractivity contribution in [3.63, 3.8) is 0 Å². The van der Waals surface area contributed by atoms with Gasteiger partial charge < -0.3 is 20.5 Å². The predicted octanol–water partition coefficient (Wildman–Crippen LogP) is 5.60. The summed E-state index contributed by atoms with van der Waals surface area (Å²) < 4.78 is 14.0. The number of nitrogens with two attached hydrogens (primary N) is 1. The molecule has 4 aromatic rings. The first kappa shape index (κ1) is 24.9. The van der Waals surface area contributed by atoms with Gasteiger partial charge in [-0.1, -0.05) is 42.5 Å². The molecule has 7 heteroatoms. The molecule has 7 nitrogen and oxygen atoms in total. The molecule has 1 atom stereocenters. The first-order chi connectivity index (χ1) is 18.7. The number of imidazole rings is 1. The molecule has 1 aliphatic heterocycles. The number of anilines is 1. The number of fused-ring (bicyclic) bond motifs is 1. The van der Waals surface area contributed by atoms with Crippen molar-refractivity contribution in [2.24, 2.45) is 5.92 Å². The summed E-state index contributed by atoms with van der Waals surface area (Å²) >= 11 is 0. The van der Waals surface area contributed by atoms with Crippen LogP contribution in [0.25, 0.3) is 16.8 Å². The molecule has 2 fully saturated rings. The zero-order valence-electron chi connectivity index (χ0n) is 21.9. The van der Waals surface area contributed by atoms with Gasteiger partial charge in [0.25, 0.3) is 0 Å². The monoisotopic (exact) mass is 511 g/mol. The maximum absolute atomic E-state index is 6.42. The second kappa shape index (κ2) is 11.5. The smallest absolute Gasteiger partial charge is 0.150 e. The Balaban J connectivity index is 1.17. The Bertz CT molecular complexity index is 1340. The molecule has 3 heterocycles. The normalized spacial score (nSPS) is 21.6. The zero-order valence-corrected chi connectivity index (χ0v) is 21.9. The van der Waals surface area contributed by atoms with Crippen molar-refractivity contribution in [3.05, 3.63) is 78.4 Å². The van der Waals surface area contributed by atoms with E-state index in [0.717, 1.165) is 66.4 Å². The van der Waals surface area contributed by atoms with Crippen molar-refractivity contribution in [1.82, 2.24) is 19.7 Å². The standard InChI is InChI=1S/C31H37N5O2/c32-30-29-28(25-8-4-9-26(18-25)38-21-23-6-2-1-3-7-23)35-31(36(29)16-15-34-30)24-13-11-22(12-14-24)19-33-20-27-10-5-17-37-27/h1-4,6-9,15-16,18,22,24,27,33H,5,10-14,17,19-21H2,(H2,32,34). The second-order valence-electron chi connectivity index (χ2n) is 10.7. The molecule has 38 heavy (non-hydrogen) atoms. The molecule has 6 rings (SSSR count). The number of nitrogen functional groups attached to an aromatic ring is 1. The molecular formula is C31H37N5O2. The quantitative estimate of drug-likeness (QED) is 0.304. The van der Waals surface area contributed by atoms with Crippen molar-refractivity contribution in [2.45, 2.75) is 57.2 Å². The lowest BCUT2D eigenvalue weighted by Crippen LogP contribution is -2.32. The van der Waals surface area contributed by atoms with E-state index in [4.69, 9.17) is 20.2 Å². The third kappa shape index (κ3) is 5.54. The van der Waals surface area contributed by atoms with E-state index < -0.39 is 0 Å². The van der Waals surface area contributed by atoms with Gasteiger partial charge in [0.05, 0.1) is 6.10 Å². The molecule has 2 aliphatic rings. The van der Waals surface area contributed by atoms with Crippen LogP contribution in [-0.4, -0.2) is 40.2 Å². The zero-order chi connectivity index (χ0) is 25.7. The summed E-state index contributed by atoms with van der Waals surface area (Å²) in [5, 5.41) is 3.66. The van der Waals surface area contributed by atoms with Gasteiger partial charge in [-0.15, -0.1) is 0 Å². The van der Waals surface area contributed by atoms with Crippen LogP contribution in [0.5, 0.6) is 5.75 Å². The molecule has 2 aromatic carbocycles. The summed E-state index contributed by atoms with van der Waals surface area (Å²) in [5.41, 5.74) is 10.3. The Kier molecular flexibility index (Phi) is 7.56. The number of nitrogens with zero attached hydrogens (tertiary/aromatic N) is 3. The minimum absolute atomic E-state index is 0.405. The van der Waals surface area contributed by atoms with E-state index >= 15 is 0 Å². The van der Waals surface area contributed by atoms with Gasteiger partial charge in [0.2, 0.25) is 0 Å². The Hall–Kier alpha value is -3.42. The molecule has 1 aliphatic carbocycles. The van der Waals surface area contributed by atoms with E-state index in [0.29, 0.717) is 30.4 Å². The lowest BCUT2D eigenvalue weighted by Gasteiger charge is -2.28. The number of rotatable bonds is 9. The molecule has 198 valence electrons. The predicted molar refractivity (Wildman–Crippen MR) is 150 cm³/mol. The number of hydrogen-bond acceptors (Lipinski definition) is 6. The van der Waals surface area contributed by atoms with Gasteiger partial charge in [-0.2, -0.15) is 0 Å². The summed E-state index contributed by atoms with van der Waals surface area (Å²) in [4.78, 5) is 9.59. The molecule has 0 radical (unpaired) electrons. The van der Waals surface area contributed by atoms with E-state index in [1.54, 1.807) is 6.20 Å². The van der Waals surface area contributed by atoms with Gasteiger partial charge in [-0.3, -0.25) is 4.40 Å². The van der Waals surface area contributed by atoms with Crippen LogP contribution >= 0.6 is 0 Å². The van der Waals surface area contributed by atoms with Crippen molar-refractivity contribution < 1.29 is 9.47 Å². The highest BCUT2D eigenvalue weighted by molar-refractivity contribution is 5.85. The van der Waals surface area contributed by atoms with E-state index in [-0.39, 0.29) is 0 Å². The molecule has 0 spiro atoms. The van der Waals surface area contributed by atoms with Crippen LogP contribution in [0, 0.1) is 5.92 Å². The molecule has 0 amide bonds. The Labute approximate surface area is 224 Å². The minimum atomic E-state index is 0.405. The maximum atomic E-state index is 6.42. The van der Waals surface area contributed by atoms with Gasteiger partial charge in [-0.05, 0) is 68.7 Å². The molecule has 1 unspecified atom stereocenters. The van der Waals surface area contributed by atoms with E-state index in [1.807, 2.05) is 36.5 Å². The average Bonchev–Trinajstić information content (AvgIpc) is 3.62. The number of nitrogens with one attached hydrogen (secondary N) is 1. The number of ether oxygens (including phenoxy) is 2. The Morgan fingerprint density at radius 1 is 1.00 bits per heavy atom. The Morgan fingerprint density at radius 3 is 2.68 bits per heavy atom. The van der Waals surface area contributed by atoms with Gasteiger partial charge in [0, 0.05) is 37.0 Å². The van der Waals surface area contributed by atoms with Crippen molar-refractivity contribution in [2.75, 3.05) is 25.4 Å². The molecular weight excluding hydrogens is 474 g/mol. The highest BCUT2D eigenvalue weighted by Crippen LogP contribution is 2.39. The van der Waals surface area contributed by atoms with Crippen LogP contribution < -0.4 is 15.8 Å². The highest BCUT2D eigenvalue weighted by atomic mass is 16.5. The van der Waals surface area contributed by atoms with Gasteiger partial charge in [-0.25, -0.2) is 9.97 Å². The van der Waals surface area contributed by atoms with Crippen LogP contribution in [0.15, 0.2) is 67.0 Å². The fraction of sp³-hybridized carbons (Fsp3) is 0.419. The van der Waals surface area contributed by atoms with Crippen LogP contribution in [-0.2, 0) is 11.3 Å². The first-order valence-corrected chi connectivity index (χ1v) is 14.0. The fourth-order valence-electron chi connectivity index (χ4n) is 5.93. The third-order valence-electron chi connectivity index (χ3n) is 8.01. The third-order valence-corrected chi connectivity index (χ3v) is 8.01. The summed E-state index contributed by atoms with van der Waals surface area (Å²) in [5.74, 6) is 3.52. The highest BCUT2D eigenvalue weighted by Gasteiger charge is 2.28. The van der Waals surface area contributed by atoms with E-state index in [1.165, 1.54) is 25.7 Å². The number of benzene rings is 2. The average molecular weight is 512 g/mol. The minimum Gasteiger partial charge on any atom is -0.489 e. The SMILES string of the molecule is Nc1nccn2c(C3CCC(CNCC4CCCO4)CC3)nc(-c3cccc(OCc4ccccc4)c3)c12. The van der Waals surface area contributed by atoms with Crippen LogP contribution in [0.1, 0.15) is 55.8 Å². The first-order valence-electron chi connectivity index (χ1n) is 14.0. The van der Waals surface area contributed by atoms with Crippen LogP contribution in [0.3, 0.4) is 0 Å². The largest absolute Gasteiger partial charge is 0.489 e. The summed E-state index contributed by atoms with van der Waals surface area (Å²) in [6.45, 7) is 3.50. The van der Waals surface area contributed by atoms with Gasteiger partial charge in [0.15, 0.2) is 0 Å². The van der Waals surface area contributed by atoms with Gasteiger partial charge in [0.1, 0.15) is 35.2 Å². The topological polar surface area (TPSA) is 86.7 Å². The lowest BCUT2D eigenvalue weighted by molar-refractivity contribution is 0.108. The summed E-state index contributed by atoms with van der Waals surface area (Å²) in [6.07, 6.45) is 11.2. The maximum Gasteiger partial charge on any atom is 0.150 e.